The first-order valence-electron chi connectivity index (χ1n) is 19.1. The number of morpholine rings is 1. The number of aromatic nitrogens is 4. The number of likely N-dealkylation sites (tertiary alicyclic amines) is 1. The number of piperidine rings is 1. The maximum atomic E-state index is 13.5. The molecule has 302 valence electrons. The van der Waals surface area contributed by atoms with Crippen LogP contribution in [0.2, 0.25) is 30.8 Å². The topological polar surface area (TPSA) is 142 Å². The van der Waals surface area contributed by atoms with Gasteiger partial charge in [-0.05, 0) is 72.6 Å². The van der Waals surface area contributed by atoms with Gasteiger partial charge < -0.3 is 38.1 Å². The molecule has 5 rings (SSSR count). The first-order valence-corrected chi connectivity index (χ1v) is 23.2. The van der Waals surface area contributed by atoms with Crippen molar-refractivity contribution in [1.82, 2.24) is 24.4 Å². The SMILES string of the molecule is CC(C)(C)OC(=O)Nc1cc(C2CCN(C(=O)OC(C)(C)C)CC2)nc(-c2nccn2COCC[Si](C)(C)C)c1OCc1c(N2CCOCC2)ccnc1Cl. The lowest BCUT2D eigenvalue weighted by atomic mass is 9.92. The number of imidazole rings is 1. The van der Waals surface area contributed by atoms with E-state index in [0.29, 0.717) is 92.5 Å². The maximum absolute atomic E-state index is 13.5. The molecule has 0 radical (unpaired) electrons. The van der Waals surface area contributed by atoms with Gasteiger partial charge in [0.05, 0.1) is 24.5 Å². The van der Waals surface area contributed by atoms with Gasteiger partial charge in [0.2, 0.25) is 0 Å². The minimum atomic E-state index is -1.32. The van der Waals surface area contributed by atoms with Gasteiger partial charge in [0.25, 0.3) is 0 Å². The second-order valence-electron chi connectivity index (χ2n) is 17.2. The van der Waals surface area contributed by atoms with Gasteiger partial charge in [-0.2, -0.15) is 0 Å². The van der Waals surface area contributed by atoms with E-state index >= 15 is 0 Å². The van der Waals surface area contributed by atoms with Gasteiger partial charge in [-0.1, -0.05) is 31.2 Å². The summed E-state index contributed by atoms with van der Waals surface area (Å²) in [5.41, 5.74) is 1.75. The smallest absolute Gasteiger partial charge is 0.412 e. The van der Waals surface area contributed by atoms with E-state index in [-0.39, 0.29) is 25.3 Å². The third-order valence-electron chi connectivity index (χ3n) is 9.04. The molecule has 3 aromatic heterocycles. The molecule has 1 N–H and O–H groups in total. The Morgan fingerprint density at radius 2 is 1.67 bits per heavy atom. The Morgan fingerprint density at radius 3 is 2.33 bits per heavy atom. The summed E-state index contributed by atoms with van der Waals surface area (Å²) < 4.78 is 31.7. The Labute approximate surface area is 331 Å². The summed E-state index contributed by atoms with van der Waals surface area (Å²) in [6, 6.07) is 4.77. The van der Waals surface area contributed by atoms with Crippen molar-refractivity contribution in [2.24, 2.45) is 0 Å². The molecule has 0 saturated carbocycles. The lowest BCUT2D eigenvalue weighted by Gasteiger charge is -2.33. The molecule has 2 saturated heterocycles. The van der Waals surface area contributed by atoms with Gasteiger partial charge in [0.15, 0.2) is 17.3 Å². The minimum Gasteiger partial charge on any atom is -0.484 e. The summed E-state index contributed by atoms with van der Waals surface area (Å²) in [6.45, 7) is 22.4. The summed E-state index contributed by atoms with van der Waals surface area (Å²) in [6.07, 6.45) is 5.52. The molecule has 5 heterocycles. The largest absolute Gasteiger partial charge is 0.484 e. The number of carbonyl (C=O) groups is 2. The van der Waals surface area contributed by atoms with E-state index in [4.69, 9.17) is 45.3 Å². The molecule has 2 amide bonds. The maximum Gasteiger partial charge on any atom is 0.412 e. The molecular formula is C39H58ClN7O7Si. The predicted molar refractivity (Wildman–Crippen MR) is 216 cm³/mol. The van der Waals surface area contributed by atoms with Crippen LogP contribution in [0.25, 0.3) is 11.5 Å². The van der Waals surface area contributed by atoms with E-state index in [1.807, 2.05) is 64.4 Å². The Balaban J connectivity index is 1.55. The zero-order valence-corrected chi connectivity index (χ0v) is 35.6. The second-order valence-corrected chi connectivity index (χ2v) is 23.2. The Hall–Kier alpha value is -3.92. The number of pyridine rings is 2. The van der Waals surface area contributed by atoms with Crippen molar-refractivity contribution in [2.75, 3.05) is 56.2 Å². The number of ether oxygens (including phenoxy) is 5. The number of hydrogen-bond acceptors (Lipinski definition) is 11. The number of halogens is 1. The number of hydrogen-bond donors (Lipinski definition) is 1. The van der Waals surface area contributed by atoms with Crippen molar-refractivity contribution in [3.63, 3.8) is 0 Å². The van der Waals surface area contributed by atoms with Crippen molar-refractivity contribution < 1.29 is 33.3 Å². The molecule has 2 aliphatic heterocycles. The summed E-state index contributed by atoms with van der Waals surface area (Å²) in [4.78, 5) is 44.6. The zero-order chi connectivity index (χ0) is 40.0. The Bertz CT molecular complexity index is 1770. The highest BCUT2D eigenvalue weighted by Crippen LogP contribution is 2.41. The first kappa shape index (κ1) is 42.2. The monoisotopic (exact) mass is 799 g/mol. The van der Waals surface area contributed by atoms with E-state index in [2.05, 4.69) is 34.8 Å². The highest BCUT2D eigenvalue weighted by molar-refractivity contribution is 6.76. The number of nitrogens with zero attached hydrogens (tertiary/aromatic N) is 6. The van der Waals surface area contributed by atoms with Crippen LogP contribution < -0.4 is 15.0 Å². The molecule has 0 atom stereocenters. The average molecular weight is 800 g/mol. The molecule has 2 fully saturated rings. The summed E-state index contributed by atoms with van der Waals surface area (Å²) >= 11 is 6.75. The first-order chi connectivity index (χ1) is 25.9. The summed E-state index contributed by atoms with van der Waals surface area (Å²) in [7, 11) is -1.32. The van der Waals surface area contributed by atoms with Crippen LogP contribution >= 0.6 is 11.6 Å². The third kappa shape index (κ3) is 12.3. The van der Waals surface area contributed by atoms with Gasteiger partial charge in [0.1, 0.15) is 29.7 Å². The molecular weight excluding hydrogens is 742 g/mol. The highest BCUT2D eigenvalue weighted by atomic mass is 35.5. The fourth-order valence-electron chi connectivity index (χ4n) is 6.26. The molecule has 0 spiro atoms. The third-order valence-corrected chi connectivity index (χ3v) is 11.1. The van der Waals surface area contributed by atoms with Crippen LogP contribution in [-0.4, -0.2) is 102 Å². The lowest BCUT2D eigenvalue weighted by Crippen LogP contribution is -2.41. The Kier molecular flexibility index (Phi) is 13.7. The fraction of sp³-hybridized carbons (Fsp3) is 0.615. The summed E-state index contributed by atoms with van der Waals surface area (Å²) in [5, 5.41) is 3.28. The van der Waals surface area contributed by atoms with E-state index in [9.17, 15) is 9.59 Å². The number of carbonyl (C=O) groups excluding carboxylic acids is 2. The van der Waals surface area contributed by atoms with Crippen LogP contribution in [0.1, 0.15) is 71.6 Å². The molecule has 55 heavy (non-hydrogen) atoms. The molecule has 14 nitrogen and oxygen atoms in total. The van der Waals surface area contributed by atoms with Crippen LogP contribution in [0.3, 0.4) is 0 Å². The van der Waals surface area contributed by atoms with Gasteiger partial charge in [-0.15, -0.1) is 0 Å². The quantitative estimate of drug-likeness (QED) is 0.108. The highest BCUT2D eigenvalue weighted by Gasteiger charge is 2.31. The lowest BCUT2D eigenvalue weighted by molar-refractivity contribution is 0.0203. The number of amides is 2. The number of anilines is 2. The molecule has 0 aromatic carbocycles. The molecule has 3 aromatic rings. The molecule has 0 aliphatic carbocycles. The summed E-state index contributed by atoms with van der Waals surface area (Å²) in [5.74, 6) is 0.764. The van der Waals surface area contributed by atoms with E-state index < -0.39 is 25.4 Å². The van der Waals surface area contributed by atoms with Crippen LogP contribution in [-0.2, 0) is 32.3 Å². The average Bonchev–Trinajstić information content (AvgIpc) is 3.56. The van der Waals surface area contributed by atoms with Crippen molar-refractivity contribution >= 4 is 43.2 Å². The Morgan fingerprint density at radius 1 is 0.982 bits per heavy atom. The number of nitrogens with one attached hydrogen (secondary N) is 1. The van der Waals surface area contributed by atoms with Crippen LogP contribution in [0.5, 0.6) is 5.75 Å². The van der Waals surface area contributed by atoms with E-state index in [1.165, 1.54) is 0 Å². The standard InChI is InChI=1S/C39H58ClN7O7Si/c1-38(2,3)53-36(48)44-30-24-29(27-11-15-46(16-12-27)37(49)54-39(4,5)6)43-32(35-42-14-17-47(35)26-51-22-23-55(7,8)9)33(30)52-25-28-31(10-13-41-34(28)40)45-18-20-50-21-19-45/h10,13-14,17,24,27H,11-12,15-16,18-23,25-26H2,1-9H3,(H,43,44,48). The van der Waals surface area contributed by atoms with Gasteiger partial charge in [0, 0.05) is 76.7 Å². The normalized spacial score (nSPS) is 15.9. The van der Waals surface area contributed by atoms with Crippen LogP contribution in [0, 0.1) is 0 Å². The van der Waals surface area contributed by atoms with E-state index in [0.717, 1.165) is 17.4 Å². The van der Waals surface area contributed by atoms with Crippen molar-refractivity contribution in [3.8, 4) is 17.3 Å². The van der Waals surface area contributed by atoms with Crippen molar-refractivity contribution in [2.45, 2.75) is 111 Å². The van der Waals surface area contributed by atoms with Crippen LogP contribution in [0.15, 0.2) is 30.7 Å². The van der Waals surface area contributed by atoms with E-state index in [1.54, 1.807) is 17.3 Å². The van der Waals surface area contributed by atoms with Crippen molar-refractivity contribution in [1.29, 1.82) is 0 Å². The number of rotatable bonds is 12. The second kappa shape index (κ2) is 17.9. The van der Waals surface area contributed by atoms with Gasteiger partial charge >= 0.3 is 12.2 Å². The van der Waals surface area contributed by atoms with Crippen LogP contribution in [0.4, 0.5) is 21.0 Å². The molecule has 0 unspecified atom stereocenters. The zero-order valence-electron chi connectivity index (χ0n) is 33.9. The fourth-order valence-corrected chi connectivity index (χ4v) is 7.22. The molecule has 0 bridgehead atoms. The molecule has 16 heteroatoms. The van der Waals surface area contributed by atoms with Gasteiger partial charge in [-0.3, -0.25) is 5.32 Å². The van der Waals surface area contributed by atoms with Gasteiger partial charge in [-0.25, -0.2) is 24.5 Å². The minimum absolute atomic E-state index is 0.0259. The predicted octanol–water partition coefficient (Wildman–Crippen LogP) is 8.18. The van der Waals surface area contributed by atoms with Crippen molar-refractivity contribution in [3.05, 3.63) is 47.1 Å². The molecule has 2 aliphatic rings.